The SMILES string of the molecule is CCC(NC(=O)N1CCCC(CC(=O)O)C1)c1nccs1. The minimum atomic E-state index is -0.795. The summed E-state index contributed by atoms with van der Waals surface area (Å²) < 4.78 is 0. The van der Waals surface area contributed by atoms with Crippen molar-refractivity contribution in [2.24, 2.45) is 5.92 Å². The van der Waals surface area contributed by atoms with E-state index in [-0.39, 0.29) is 24.4 Å². The van der Waals surface area contributed by atoms with Crippen molar-refractivity contribution in [2.45, 2.75) is 38.6 Å². The lowest BCUT2D eigenvalue weighted by Gasteiger charge is -2.33. The first-order valence-electron chi connectivity index (χ1n) is 7.26. The van der Waals surface area contributed by atoms with Crippen molar-refractivity contribution in [3.05, 3.63) is 16.6 Å². The van der Waals surface area contributed by atoms with Gasteiger partial charge in [0.25, 0.3) is 0 Å². The van der Waals surface area contributed by atoms with Gasteiger partial charge >= 0.3 is 12.0 Å². The summed E-state index contributed by atoms with van der Waals surface area (Å²) >= 11 is 1.53. The summed E-state index contributed by atoms with van der Waals surface area (Å²) in [5.41, 5.74) is 0. The number of thiazole rings is 1. The number of likely N-dealkylation sites (tertiary alicyclic amines) is 1. The van der Waals surface area contributed by atoms with Crippen molar-refractivity contribution in [3.8, 4) is 0 Å². The molecule has 0 aliphatic carbocycles. The minimum Gasteiger partial charge on any atom is -0.481 e. The summed E-state index contributed by atoms with van der Waals surface area (Å²) in [5.74, 6) is -0.738. The third kappa shape index (κ3) is 4.42. The van der Waals surface area contributed by atoms with Gasteiger partial charge in [-0.15, -0.1) is 11.3 Å². The Labute approximate surface area is 128 Å². The van der Waals surface area contributed by atoms with Gasteiger partial charge in [0.1, 0.15) is 5.01 Å². The Kier molecular flexibility index (Phi) is 5.55. The molecule has 1 saturated heterocycles. The summed E-state index contributed by atoms with van der Waals surface area (Å²) in [5, 5.41) is 14.7. The first-order valence-corrected chi connectivity index (χ1v) is 8.14. The summed E-state index contributed by atoms with van der Waals surface area (Å²) in [6.45, 7) is 3.22. The van der Waals surface area contributed by atoms with E-state index in [9.17, 15) is 9.59 Å². The zero-order chi connectivity index (χ0) is 15.2. The number of piperidine rings is 1. The quantitative estimate of drug-likeness (QED) is 0.875. The van der Waals surface area contributed by atoms with E-state index in [0.717, 1.165) is 24.3 Å². The summed E-state index contributed by atoms with van der Waals surface area (Å²) in [7, 11) is 0. The Morgan fingerprint density at radius 2 is 2.43 bits per heavy atom. The van der Waals surface area contributed by atoms with Gasteiger partial charge in [0, 0.05) is 31.1 Å². The fourth-order valence-electron chi connectivity index (χ4n) is 2.65. The highest BCUT2D eigenvalue weighted by Crippen LogP contribution is 2.22. The minimum absolute atomic E-state index is 0.0574. The molecule has 0 aromatic carbocycles. The summed E-state index contributed by atoms with van der Waals surface area (Å²) in [6, 6.07) is -0.190. The molecule has 116 valence electrons. The highest BCUT2D eigenvalue weighted by Gasteiger charge is 2.26. The van der Waals surface area contributed by atoms with Gasteiger partial charge in [0.05, 0.1) is 6.04 Å². The van der Waals surface area contributed by atoms with Gasteiger partial charge in [-0.05, 0) is 25.2 Å². The predicted molar refractivity (Wildman–Crippen MR) is 80.2 cm³/mol. The Morgan fingerprint density at radius 1 is 1.62 bits per heavy atom. The van der Waals surface area contributed by atoms with Crippen LogP contribution in [-0.4, -0.2) is 40.1 Å². The van der Waals surface area contributed by atoms with E-state index in [4.69, 9.17) is 5.11 Å². The van der Waals surface area contributed by atoms with Crippen molar-refractivity contribution in [1.29, 1.82) is 0 Å². The smallest absolute Gasteiger partial charge is 0.317 e. The second kappa shape index (κ2) is 7.40. The molecule has 1 aromatic rings. The number of nitrogens with one attached hydrogen (secondary N) is 1. The largest absolute Gasteiger partial charge is 0.481 e. The number of carbonyl (C=O) groups is 2. The lowest BCUT2D eigenvalue weighted by Crippen LogP contribution is -2.46. The van der Waals surface area contributed by atoms with Crippen LogP contribution in [-0.2, 0) is 4.79 Å². The number of carboxylic acids is 1. The molecule has 0 bridgehead atoms. The van der Waals surface area contributed by atoms with Crippen LogP contribution >= 0.6 is 11.3 Å². The van der Waals surface area contributed by atoms with Gasteiger partial charge in [-0.1, -0.05) is 6.92 Å². The normalized spacial score (nSPS) is 20.0. The van der Waals surface area contributed by atoms with Gasteiger partial charge in [-0.3, -0.25) is 4.79 Å². The molecule has 2 rings (SSSR count). The number of carboxylic acid groups (broad SMARTS) is 1. The maximum atomic E-state index is 12.3. The van der Waals surface area contributed by atoms with Crippen LogP contribution in [0.5, 0.6) is 0 Å². The van der Waals surface area contributed by atoms with Gasteiger partial charge in [-0.25, -0.2) is 9.78 Å². The molecule has 0 spiro atoms. The monoisotopic (exact) mass is 311 g/mol. The van der Waals surface area contributed by atoms with E-state index in [2.05, 4.69) is 10.3 Å². The maximum Gasteiger partial charge on any atom is 0.317 e. The number of hydrogen-bond acceptors (Lipinski definition) is 4. The second-order valence-electron chi connectivity index (χ2n) is 5.33. The number of urea groups is 1. The van der Waals surface area contributed by atoms with Crippen LogP contribution in [0.15, 0.2) is 11.6 Å². The number of nitrogens with zero attached hydrogens (tertiary/aromatic N) is 2. The molecule has 1 aromatic heterocycles. The van der Waals surface area contributed by atoms with Gasteiger partial charge in [-0.2, -0.15) is 0 Å². The molecule has 7 heteroatoms. The highest BCUT2D eigenvalue weighted by atomic mass is 32.1. The first-order chi connectivity index (χ1) is 10.1. The van der Waals surface area contributed by atoms with Crippen LogP contribution in [0.2, 0.25) is 0 Å². The standard InChI is InChI=1S/C14H21N3O3S/c1-2-11(13-15-5-7-21-13)16-14(20)17-6-3-4-10(9-17)8-12(18)19/h5,7,10-11H,2-4,6,8-9H2,1H3,(H,16,20)(H,18,19). The third-order valence-corrected chi connectivity index (χ3v) is 4.61. The molecule has 0 saturated carbocycles. The van der Waals surface area contributed by atoms with Gasteiger partial charge in [0.15, 0.2) is 0 Å². The average Bonchev–Trinajstić information content (AvgIpc) is 2.98. The third-order valence-electron chi connectivity index (χ3n) is 3.72. The lowest BCUT2D eigenvalue weighted by molar-refractivity contribution is -0.138. The van der Waals surface area contributed by atoms with E-state index in [0.29, 0.717) is 13.1 Å². The predicted octanol–water partition coefficient (Wildman–Crippen LogP) is 2.49. The van der Waals surface area contributed by atoms with Crippen molar-refractivity contribution < 1.29 is 14.7 Å². The number of hydrogen-bond donors (Lipinski definition) is 2. The maximum absolute atomic E-state index is 12.3. The van der Waals surface area contributed by atoms with Crippen LogP contribution in [0.4, 0.5) is 4.79 Å². The van der Waals surface area contributed by atoms with E-state index in [1.54, 1.807) is 11.1 Å². The summed E-state index contributed by atoms with van der Waals surface area (Å²) in [6.07, 6.45) is 4.39. The van der Waals surface area contributed by atoms with E-state index in [1.807, 2.05) is 12.3 Å². The molecule has 2 unspecified atom stereocenters. The molecule has 6 nitrogen and oxygen atoms in total. The highest BCUT2D eigenvalue weighted by molar-refractivity contribution is 7.09. The summed E-state index contributed by atoms with van der Waals surface area (Å²) in [4.78, 5) is 29.1. The zero-order valence-corrected chi connectivity index (χ0v) is 12.9. The van der Waals surface area contributed by atoms with Crippen LogP contribution in [0.3, 0.4) is 0 Å². The Hall–Kier alpha value is -1.63. The van der Waals surface area contributed by atoms with Crippen LogP contribution in [0.1, 0.15) is 43.7 Å². The number of aromatic nitrogens is 1. The van der Waals surface area contributed by atoms with Crippen LogP contribution in [0.25, 0.3) is 0 Å². The molecule has 2 heterocycles. The van der Waals surface area contributed by atoms with Crippen molar-refractivity contribution in [2.75, 3.05) is 13.1 Å². The van der Waals surface area contributed by atoms with Crippen LogP contribution in [0, 0.1) is 5.92 Å². The molecular weight excluding hydrogens is 290 g/mol. The molecule has 2 N–H and O–H groups in total. The molecule has 0 radical (unpaired) electrons. The topological polar surface area (TPSA) is 82.5 Å². The lowest BCUT2D eigenvalue weighted by atomic mass is 9.95. The number of aliphatic carboxylic acids is 1. The molecule has 1 aliphatic rings. The second-order valence-corrected chi connectivity index (χ2v) is 6.26. The molecule has 1 fully saturated rings. The average molecular weight is 311 g/mol. The molecule has 21 heavy (non-hydrogen) atoms. The molecule has 1 aliphatic heterocycles. The Bertz CT molecular complexity index is 478. The van der Waals surface area contributed by atoms with E-state index in [1.165, 1.54) is 11.3 Å². The van der Waals surface area contributed by atoms with Crippen molar-refractivity contribution in [1.82, 2.24) is 15.2 Å². The van der Waals surface area contributed by atoms with E-state index >= 15 is 0 Å². The van der Waals surface area contributed by atoms with Gasteiger partial charge in [0.2, 0.25) is 0 Å². The van der Waals surface area contributed by atoms with Crippen LogP contribution < -0.4 is 5.32 Å². The fraction of sp³-hybridized carbons (Fsp3) is 0.643. The molecular formula is C14H21N3O3S. The van der Waals surface area contributed by atoms with Gasteiger partial charge < -0.3 is 15.3 Å². The molecule has 2 atom stereocenters. The van der Waals surface area contributed by atoms with E-state index < -0.39 is 5.97 Å². The number of amides is 2. The Balaban J connectivity index is 1.91. The van der Waals surface area contributed by atoms with Crippen molar-refractivity contribution >= 4 is 23.3 Å². The number of carbonyl (C=O) groups excluding carboxylic acids is 1. The Morgan fingerprint density at radius 3 is 3.05 bits per heavy atom. The zero-order valence-electron chi connectivity index (χ0n) is 12.1. The fourth-order valence-corrected chi connectivity index (χ4v) is 3.42. The first kappa shape index (κ1) is 15.8. The number of rotatable bonds is 5. The molecule has 2 amide bonds. The van der Waals surface area contributed by atoms with Crippen molar-refractivity contribution in [3.63, 3.8) is 0 Å².